The smallest absolute Gasteiger partial charge is 0.113 e. The van der Waals surface area contributed by atoms with Crippen molar-refractivity contribution < 1.29 is 0 Å². The molecule has 4 nitrogen and oxygen atoms in total. The van der Waals surface area contributed by atoms with Crippen LogP contribution in [0.15, 0.2) is 24.8 Å². The predicted octanol–water partition coefficient (Wildman–Crippen LogP) is 1.27. The number of imidazole rings is 1. The molecule has 0 saturated carbocycles. The van der Waals surface area contributed by atoms with Crippen LogP contribution in [0.5, 0.6) is 0 Å². The zero-order chi connectivity index (χ0) is 10.8. The number of nitrogens with zero attached hydrogens (tertiary/aromatic N) is 3. The molecule has 2 aromatic rings. The maximum atomic E-state index is 4.49. The number of nitrogens with one attached hydrogen (secondary N) is 1. The van der Waals surface area contributed by atoms with Gasteiger partial charge in [0.1, 0.15) is 5.82 Å². The molecule has 0 aromatic carbocycles. The molecule has 1 fully saturated rings. The van der Waals surface area contributed by atoms with Gasteiger partial charge in [0.25, 0.3) is 0 Å². The van der Waals surface area contributed by atoms with Crippen molar-refractivity contribution in [3.8, 4) is 0 Å². The summed E-state index contributed by atoms with van der Waals surface area (Å²) in [4.78, 5) is 8.59. The van der Waals surface area contributed by atoms with Gasteiger partial charge in [-0.25, -0.2) is 4.98 Å². The molecule has 0 spiro atoms. The van der Waals surface area contributed by atoms with E-state index in [0.29, 0.717) is 0 Å². The molecule has 1 aliphatic heterocycles. The van der Waals surface area contributed by atoms with Crippen LogP contribution >= 0.6 is 0 Å². The molecule has 4 heteroatoms. The maximum Gasteiger partial charge on any atom is 0.113 e. The summed E-state index contributed by atoms with van der Waals surface area (Å²) in [7, 11) is 0. The van der Waals surface area contributed by atoms with Crippen molar-refractivity contribution in [3.05, 3.63) is 30.6 Å². The lowest BCUT2D eigenvalue weighted by Crippen LogP contribution is -2.29. The van der Waals surface area contributed by atoms with Crippen LogP contribution < -0.4 is 5.32 Å². The second kappa shape index (κ2) is 4.22. The van der Waals surface area contributed by atoms with E-state index in [4.69, 9.17) is 0 Å². The molecule has 3 rings (SSSR count). The van der Waals surface area contributed by atoms with Gasteiger partial charge in [0, 0.05) is 18.8 Å². The Balaban J connectivity index is 1.83. The summed E-state index contributed by atoms with van der Waals surface area (Å²) in [5.74, 6) is 1.95. The van der Waals surface area contributed by atoms with Gasteiger partial charge in [-0.3, -0.25) is 4.98 Å². The van der Waals surface area contributed by atoms with E-state index in [1.54, 1.807) is 0 Å². The first-order valence-electron chi connectivity index (χ1n) is 5.90. The largest absolute Gasteiger partial charge is 0.317 e. The maximum absolute atomic E-state index is 4.49. The number of rotatable bonds is 2. The molecular formula is C12H16N4. The van der Waals surface area contributed by atoms with Crippen LogP contribution in [-0.4, -0.2) is 27.5 Å². The lowest BCUT2D eigenvalue weighted by Gasteiger charge is -2.21. The minimum absolute atomic E-state index is 0.778. The number of aromatic nitrogens is 3. The van der Waals surface area contributed by atoms with Crippen molar-refractivity contribution in [3.63, 3.8) is 0 Å². The highest BCUT2D eigenvalue weighted by Crippen LogP contribution is 2.17. The number of piperidine rings is 1. The van der Waals surface area contributed by atoms with E-state index >= 15 is 0 Å². The van der Waals surface area contributed by atoms with Gasteiger partial charge in [-0.1, -0.05) is 0 Å². The highest BCUT2D eigenvalue weighted by atomic mass is 15.0. The van der Waals surface area contributed by atoms with Gasteiger partial charge in [-0.05, 0) is 31.8 Å². The quantitative estimate of drug-likeness (QED) is 0.822. The Bertz CT molecular complexity index is 471. The van der Waals surface area contributed by atoms with Crippen molar-refractivity contribution in [1.29, 1.82) is 0 Å². The van der Waals surface area contributed by atoms with E-state index in [9.17, 15) is 0 Å². The first-order valence-corrected chi connectivity index (χ1v) is 5.90. The van der Waals surface area contributed by atoms with Crippen LogP contribution in [0.2, 0.25) is 0 Å². The fourth-order valence-corrected chi connectivity index (χ4v) is 2.40. The molecule has 0 unspecified atom stereocenters. The summed E-state index contributed by atoms with van der Waals surface area (Å²) >= 11 is 0. The van der Waals surface area contributed by atoms with E-state index < -0.39 is 0 Å². The van der Waals surface area contributed by atoms with Crippen LogP contribution in [0.3, 0.4) is 0 Å². The molecule has 16 heavy (non-hydrogen) atoms. The third kappa shape index (κ3) is 1.80. The summed E-state index contributed by atoms with van der Waals surface area (Å²) < 4.78 is 2.15. The van der Waals surface area contributed by atoms with E-state index in [2.05, 4.69) is 19.7 Å². The summed E-state index contributed by atoms with van der Waals surface area (Å²) in [5, 5.41) is 3.39. The third-order valence-electron chi connectivity index (χ3n) is 3.34. The summed E-state index contributed by atoms with van der Waals surface area (Å²) in [6, 6.07) is 0. The molecule has 1 saturated heterocycles. The zero-order valence-corrected chi connectivity index (χ0v) is 9.26. The molecule has 84 valence electrons. The molecule has 1 aliphatic rings. The Labute approximate surface area is 94.7 Å². The van der Waals surface area contributed by atoms with Crippen molar-refractivity contribution in [2.45, 2.75) is 19.3 Å². The molecule has 0 bridgehead atoms. The monoisotopic (exact) mass is 216 g/mol. The number of fused-ring (bicyclic) bond motifs is 1. The second-order valence-corrected chi connectivity index (χ2v) is 4.44. The first-order chi connectivity index (χ1) is 7.93. The van der Waals surface area contributed by atoms with Crippen molar-refractivity contribution >= 4 is 5.52 Å². The Morgan fingerprint density at radius 1 is 1.31 bits per heavy atom. The molecule has 2 aromatic heterocycles. The zero-order valence-electron chi connectivity index (χ0n) is 9.26. The van der Waals surface area contributed by atoms with Gasteiger partial charge < -0.3 is 9.72 Å². The molecule has 0 amide bonds. The molecular weight excluding hydrogens is 200 g/mol. The third-order valence-corrected chi connectivity index (χ3v) is 3.34. The average Bonchev–Trinajstić information content (AvgIpc) is 2.74. The Morgan fingerprint density at radius 3 is 3.06 bits per heavy atom. The molecule has 0 aliphatic carbocycles. The van der Waals surface area contributed by atoms with Gasteiger partial charge in [0.05, 0.1) is 17.9 Å². The van der Waals surface area contributed by atoms with Gasteiger partial charge in [0.15, 0.2) is 0 Å². The SMILES string of the molecule is c1cn2c(CC3CCNCC3)ncc2cn1. The van der Waals surface area contributed by atoms with Crippen LogP contribution in [0, 0.1) is 5.92 Å². The number of hydrogen-bond donors (Lipinski definition) is 1. The van der Waals surface area contributed by atoms with Crippen LogP contribution in [-0.2, 0) is 6.42 Å². The van der Waals surface area contributed by atoms with Crippen LogP contribution in [0.4, 0.5) is 0 Å². The average molecular weight is 216 g/mol. The molecule has 0 atom stereocenters. The van der Waals surface area contributed by atoms with Crippen LogP contribution in [0.1, 0.15) is 18.7 Å². The van der Waals surface area contributed by atoms with E-state index in [1.165, 1.54) is 18.7 Å². The number of hydrogen-bond acceptors (Lipinski definition) is 3. The lowest BCUT2D eigenvalue weighted by atomic mass is 9.94. The molecule has 0 radical (unpaired) electrons. The van der Waals surface area contributed by atoms with E-state index in [-0.39, 0.29) is 0 Å². The van der Waals surface area contributed by atoms with Gasteiger partial charge in [-0.15, -0.1) is 0 Å². The van der Waals surface area contributed by atoms with E-state index in [0.717, 1.165) is 30.9 Å². The highest BCUT2D eigenvalue weighted by Gasteiger charge is 2.15. The van der Waals surface area contributed by atoms with Crippen molar-refractivity contribution in [2.75, 3.05) is 13.1 Å². The summed E-state index contributed by atoms with van der Waals surface area (Å²) in [6.45, 7) is 2.30. The standard InChI is InChI=1S/C12H16N4/c1-3-13-4-2-10(1)7-12-15-9-11-8-14-5-6-16(11)12/h5-6,8-10,13H,1-4,7H2. The van der Waals surface area contributed by atoms with Gasteiger partial charge >= 0.3 is 0 Å². The molecule has 1 N–H and O–H groups in total. The Morgan fingerprint density at radius 2 is 2.19 bits per heavy atom. The van der Waals surface area contributed by atoms with Crippen molar-refractivity contribution in [2.24, 2.45) is 5.92 Å². The topological polar surface area (TPSA) is 42.2 Å². The summed E-state index contributed by atoms with van der Waals surface area (Å²) in [6.07, 6.45) is 11.2. The van der Waals surface area contributed by atoms with Gasteiger partial charge in [-0.2, -0.15) is 0 Å². The molecule has 3 heterocycles. The first kappa shape index (κ1) is 9.78. The normalized spacial score (nSPS) is 18.0. The highest BCUT2D eigenvalue weighted by molar-refractivity contribution is 5.42. The minimum Gasteiger partial charge on any atom is -0.317 e. The Kier molecular flexibility index (Phi) is 2.58. The summed E-state index contributed by atoms with van der Waals surface area (Å²) in [5.41, 5.74) is 1.09. The Hall–Kier alpha value is -1.42. The van der Waals surface area contributed by atoms with Gasteiger partial charge in [0.2, 0.25) is 0 Å². The van der Waals surface area contributed by atoms with Crippen molar-refractivity contribution in [1.82, 2.24) is 19.7 Å². The fraction of sp³-hybridized carbons (Fsp3) is 0.500. The van der Waals surface area contributed by atoms with Crippen LogP contribution in [0.25, 0.3) is 5.52 Å². The second-order valence-electron chi connectivity index (χ2n) is 4.44. The van der Waals surface area contributed by atoms with E-state index in [1.807, 2.05) is 24.8 Å². The fourth-order valence-electron chi connectivity index (χ4n) is 2.40. The lowest BCUT2D eigenvalue weighted by molar-refractivity contribution is 0.367. The minimum atomic E-state index is 0.778. The predicted molar refractivity (Wildman–Crippen MR) is 62.3 cm³/mol.